The number of fused-ring (bicyclic) bond motifs is 1. The molecular formula is C19H19N7O3. The molecule has 3 aromatic rings. The highest BCUT2D eigenvalue weighted by Crippen LogP contribution is 2.45. The van der Waals surface area contributed by atoms with Crippen LogP contribution in [-0.2, 0) is 10.3 Å². The van der Waals surface area contributed by atoms with Crippen LogP contribution in [-0.4, -0.2) is 46.3 Å². The first-order chi connectivity index (χ1) is 14.1. The number of aliphatic imine (C=N–C) groups is 1. The lowest BCUT2D eigenvalue weighted by atomic mass is 9.83. The fourth-order valence-electron chi connectivity index (χ4n) is 3.34. The summed E-state index contributed by atoms with van der Waals surface area (Å²) in [4.78, 5) is 25.5. The van der Waals surface area contributed by atoms with Crippen molar-refractivity contribution in [3.8, 4) is 11.5 Å². The van der Waals surface area contributed by atoms with E-state index in [2.05, 4.69) is 30.8 Å². The lowest BCUT2D eigenvalue weighted by Gasteiger charge is -2.34. The number of methoxy groups -OCH3 is 2. The van der Waals surface area contributed by atoms with Gasteiger partial charge in [-0.2, -0.15) is 5.10 Å². The molecule has 2 aromatic heterocycles. The fourth-order valence-corrected chi connectivity index (χ4v) is 3.34. The van der Waals surface area contributed by atoms with Crippen molar-refractivity contribution < 1.29 is 14.3 Å². The maximum Gasteiger partial charge on any atom is 0.223 e. The number of hydrogen-bond donors (Lipinski definition) is 3. The second kappa shape index (κ2) is 7.23. The Morgan fingerprint density at radius 3 is 2.66 bits per heavy atom. The third kappa shape index (κ3) is 3.04. The van der Waals surface area contributed by atoms with E-state index in [-0.39, 0.29) is 11.9 Å². The number of amides is 1. The largest absolute Gasteiger partial charge is 0.493 e. The quantitative estimate of drug-likeness (QED) is 0.612. The standard InChI is InChI=1S/C19H19N7O3/c1-11(27)23-18-24-13-5-4-8-20-16(13)19(25-18,17-21-10-22-26-17)12-6-7-14(28-2)15(9-12)29-3/h4-10H,1-3H3,(H,21,22,26)(H2,23,24,25,27). The first kappa shape index (κ1) is 18.4. The Bertz CT molecular complexity index is 1080. The van der Waals surface area contributed by atoms with E-state index in [1.54, 1.807) is 38.6 Å². The van der Waals surface area contributed by atoms with E-state index in [9.17, 15) is 4.79 Å². The topological polar surface area (TPSA) is 126 Å². The number of rotatable bonds is 4. The van der Waals surface area contributed by atoms with Crippen molar-refractivity contribution >= 4 is 17.6 Å². The first-order valence-corrected chi connectivity index (χ1v) is 8.76. The first-order valence-electron chi connectivity index (χ1n) is 8.76. The van der Waals surface area contributed by atoms with E-state index in [4.69, 9.17) is 14.5 Å². The summed E-state index contributed by atoms with van der Waals surface area (Å²) in [5.41, 5.74) is 0.780. The zero-order chi connectivity index (χ0) is 20.4. The maximum absolute atomic E-state index is 11.7. The molecule has 29 heavy (non-hydrogen) atoms. The van der Waals surface area contributed by atoms with Gasteiger partial charge in [-0.05, 0) is 29.8 Å². The van der Waals surface area contributed by atoms with Gasteiger partial charge < -0.3 is 14.8 Å². The molecule has 10 heteroatoms. The van der Waals surface area contributed by atoms with Gasteiger partial charge in [0.2, 0.25) is 11.9 Å². The Kier molecular flexibility index (Phi) is 4.59. The highest BCUT2D eigenvalue weighted by Gasteiger charge is 2.46. The monoisotopic (exact) mass is 393 g/mol. The number of nitrogens with one attached hydrogen (secondary N) is 3. The molecule has 148 valence electrons. The molecule has 3 heterocycles. The summed E-state index contributed by atoms with van der Waals surface area (Å²) in [6.07, 6.45) is 3.07. The average Bonchev–Trinajstić information content (AvgIpc) is 3.27. The minimum Gasteiger partial charge on any atom is -0.493 e. The van der Waals surface area contributed by atoms with E-state index in [0.29, 0.717) is 34.3 Å². The predicted molar refractivity (Wildman–Crippen MR) is 105 cm³/mol. The number of anilines is 1. The predicted octanol–water partition coefficient (Wildman–Crippen LogP) is 1.43. The maximum atomic E-state index is 11.7. The van der Waals surface area contributed by atoms with Crippen molar-refractivity contribution in [1.82, 2.24) is 25.5 Å². The molecule has 0 saturated carbocycles. The summed E-state index contributed by atoms with van der Waals surface area (Å²) in [6, 6.07) is 9.08. The Balaban J connectivity index is 2.04. The van der Waals surface area contributed by atoms with E-state index >= 15 is 0 Å². The molecule has 10 nitrogen and oxygen atoms in total. The van der Waals surface area contributed by atoms with Gasteiger partial charge >= 0.3 is 0 Å². The molecule has 1 amide bonds. The van der Waals surface area contributed by atoms with Crippen LogP contribution in [0.1, 0.15) is 24.0 Å². The lowest BCUT2D eigenvalue weighted by molar-refractivity contribution is -0.117. The van der Waals surface area contributed by atoms with Gasteiger partial charge in [0.25, 0.3) is 0 Å². The molecule has 3 N–H and O–H groups in total. The Hall–Kier alpha value is -3.95. The Morgan fingerprint density at radius 2 is 1.97 bits per heavy atom. The zero-order valence-corrected chi connectivity index (χ0v) is 16.1. The number of H-pyrrole nitrogens is 1. The van der Waals surface area contributed by atoms with Crippen LogP contribution >= 0.6 is 0 Å². The number of aromatic nitrogens is 4. The number of carbonyl (C=O) groups excluding carboxylic acids is 1. The second-order valence-electron chi connectivity index (χ2n) is 6.28. The van der Waals surface area contributed by atoms with Gasteiger partial charge in [0.15, 0.2) is 22.9 Å². The summed E-state index contributed by atoms with van der Waals surface area (Å²) < 4.78 is 10.8. The number of aromatic amines is 1. The van der Waals surface area contributed by atoms with Gasteiger partial charge in [-0.1, -0.05) is 6.07 Å². The third-order valence-corrected chi connectivity index (χ3v) is 4.54. The van der Waals surface area contributed by atoms with Gasteiger partial charge in [0.1, 0.15) is 12.0 Å². The molecule has 0 fully saturated rings. The highest BCUT2D eigenvalue weighted by atomic mass is 16.5. The van der Waals surface area contributed by atoms with Crippen molar-refractivity contribution in [1.29, 1.82) is 0 Å². The number of pyridine rings is 1. The van der Waals surface area contributed by atoms with Gasteiger partial charge in [0, 0.05) is 13.1 Å². The number of carbonyl (C=O) groups is 1. The minimum absolute atomic E-state index is 0.262. The molecule has 1 atom stereocenters. The van der Waals surface area contributed by atoms with E-state index in [1.807, 2.05) is 12.1 Å². The molecule has 1 unspecified atom stereocenters. The Morgan fingerprint density at radius 1 is 1.14 bits per heavy atom. The molecule has 0 saturated heterocycles. The summed E-state index contributed by atoms with van der Waals surface area (Å²) in [6.45, 7) is 1.41. The van der Waals surface area contributed by atoms with Crippen molar-refractivity contribution in [3.05, 3.63) is 59.9 Å². The van der Waals surface area contributed by atoms with E-state index < -0.39 is 5.54 Å². The van der Waals surface area contributed by atoms with E-state index in [0.717, 1.165) is 0 Å². The van der Waals surface area contributed by atoms with Gasteiger partial charge in [0.05, 0.1) is 19.9 Å². The fraction of sp³-hybridized carbons (Fsp3) is 0.211. The van der Waals surface area contributed by atoms with E-state index in [1.165, 1.54) is 13.3 Å². The van der Waals surface area contributed by atoms with Crippen LogP contribution in [0.3, 0.4) is 0 Å². The summed E-state index contributed by atoms with van der Waals surface area (Å²) >= 11 is 0. The van der Waals surface area contributed by atoms with Crippen LogP contribution < -0.4 is 20.1 Å². The van der Waals surface area contributed by atoms with Gasteiger partial charge in [-0.25, -0.2) is 9.98 Å². The average molecular weight is 393 g/mol. The van der Waals surface area contributed by atoms with Crippen LogP contribution in [0.25, 0.3) is 0 Å². The molecule has 1 aliphatic rings. The number of ether oxygens (including phenoxy) is 2. The van der Waals surface area contributed by atoms with Crippen LogP contribution in [0.4, 0.5) is 5.69 Å². The Labute approximate surface area is 166 Å². The number of nitrogens with zero attached hydrogens (tertiary/aromatic N) is 4. The van der Waals surface area contributed by atoms with Crippen LogP contribution in [0.2, 0.25) is 0 Å². The van der Waals surface area contributed by atoms with Crippen molar-refractivity contribution in [2.75, 3.05) is 19.5 Å². The van der Waals surface area contributed by atoms with Crippen molar-refractivity contribution in [2.24, 2.45) is 4.99 Å². The summed E-state index contributed by atoms with van der Waals surface area (Å²) in [5, 5.41) is 12.7. The number of guanidine groups is 1. The smallest absolute Gasteiger partial charge is 0.223 e. The number of benzene rings is 1. The van der Waals surface area contributed by atoms with Crippen LogP contribution in [0, 0.1) is 0 Å². The van der Waals surface area contributed by atoms with Crippen molar-refractivity contribution in [2.45, 2.75) is 12.5 Å². The lowest BCUT2D eigenvalue weighted by Crippen LogP contribution is -2.44. The molecule has 0 bridgehead atoms. The molecular weight excluding hydrogens is 374 g/mol. The van der Waals surface area contributed by atoms with Gasteiger partial charge in [-0.3, -0.25) is 20.2 Å². The molecule has 1 aromatic carbocycles. The highest BCUT2D eigenvalue weighted by molar-refractivity contribution is 6.05. The minimum atomic E-state index is -1.20. The molecule has 1 aliphatic heterocycles. The molecule has 0 aliphatic carbocycles. The summed E-state index contributed by atoms with van der Waals surface area (Å²) in [7, 11) is 3.13. The summed E-state index contributed by atoms with van der Waals surface area (Å²) in [5.74, 6) is 1.54. The number of hydrogen-bond acceptors (Lipinski definition) is 8. The molecule has 0 radical (unpaired) electrons. The van der Waals surface area contributed by atoms with Crippen LogP contribution in [0.15, 0.2) is 47.8 Å². The zero-order valence-electron chi connectivity index (χ0n) is 16.1. The van der Waals surface area contributed by atoms with Crippen molar-refractivity contribution in [3.63, 3.8) is 0 Å². The normalized spacial score (nSPS) is 17.6. The molecule has 4 rings (SSSR count). The SMILES string of the molecule is COc1ccc(C2(c3ncn[nH]3)N=C(NC(C)=O)Nc3cccnc32)cc1OC. The van der Waals surface area contributed by atoms with Gasteiger partial charge in [-0.15, -0.1) is 0 Å². The molecule has 0 spiro atoms. The third-order valence-electron chi connectivity index (χ3n) is 4.54. The van der Waals surface area contributed by atoms with Crippen LogP contribution in [0.5, 0.6) is 11.5 Å². The second-order valence-corrected chi connectivity index (χ2v) is 6.28.